The Morgan fingerprint density at radius 2 is 2.07 bits per heavy atom. The second-order valence-electron chi connectivity index (χ2n) is 2.93. The molecule has 0 unspecified atom stereocenters. The van der Waals surface area contributed by atoms with Crippen LogP contribution in [-0.4, -0.2) is 19.8 Å². The largest absolute Gasteiger partial charge is 0.453 e. The van der Waals surface area contributed by atoms with Crippen molar-refractivity contribution in [1.29, 1.82) is 0 Å². The number of anilines is 1. The van der Waals surface area contributed by atoms with Crippen molar-refractivity contribution in [2.24, 2.45) is 5.90 Å². The van der Waals surface area contributed by atoms with Gasteiger partial charge in [0.25, 0.3) is 0 Å². The van der Waals surface area contributed by atoms with Crippen LogP contribution in [0.15, 0.2) is 24.3 Å². The molecule has 0 aliphatic carbocycles. The highest BCUT2D eigenvalue weighted by Gasteiger charge is 1.99. The fourth-order valence-corrected chi connectivity index (χ4v) is 1.10. The molecule has 0 saturated carbocycles. The van der Waals surface area contributed by atoms with E-state index in [1.807, 2.05) is 12.1 Å². The molecular formula is C10H14N2O3. The van der Waals surface area contributed by atoms with Gasteiger partial charge in [-0.05, 0) is 24.1 Å². The lowest BCUT2D eigenvalue weighted by Crippen LogP contribution is -2.10. The lowest BCUT2D eigenvalue weighted by molar-refractivity contribution is 0.141. The second kappa shape index (κ2) is 6.00. The summed E-state index contributed by atoms with van der Waals surface area (Å²) in [6.07, 6.45) is 0.266. The minimum atomic E-state index is -0.479. The zero-order chi connectivity index (χ0) is 11.1. The van der Waals surface area contributed by atoms with Crippen molar-refractivity contribution in [3.63, 3.8) is 0 Å². The van der Waals surface area contributed by atoms with E-state index in [2.05, 4.69) is 14.9 Å². The van der Waals surface area contributed by atoms with Crippen molar-refractivity contribution in [2.45, 2.75) is 6.42 Å². The van der Waals surface area contributed by atoms with Crippen LogP contribution in [0.25, 0.3) is 0 Å². The van der Waals surface area contributed by atoms with Crippen molar-refractivity contribution in [1.82, 2.24) is 0 Å². The number of carbonyl (C=O) groups excluding carboxylic acids is 1. The van der Waals surface area contributed by atoms with Crippen molar-refractivity contribution in [3.8, 4) is 0 Å². The Bertz CT molecular complexity index is 311. The van der Waals surface area contributed by atoms with Crippen LogP contribution in [0.1, 0.15) is 5.56 Å². The molecule has 0 aliphatic rings. The molecule has 0 aromatic heterocycles. The Labute approximate surface area is 88.1 Å². The Balaban J connectivity index is 2.52. The van der Waals surface area contributed by atoms with Crippen LogP contribution >= 0.6 is 0 Å². The number of rotatable bonds is 4. The molecule has 0 radical (unpaired) electrons. The number of hydrogen-bond donors (Lipinski definition) is 2. The average molecular weight is 210 g/mol. The molecule has 3 N–H and O–H groups in total. The lowest BCUT2D eigenvalue weighted by Gasteiger charge is -2.04. The van der Waals surface area contributed by atoms with Gasteiger partial charge < -0.3 is 9.57 Å². The minimum Gasteiger partial charge on any atom is -0.453 e. The third-order valence-electron chi connectivity index (χ3n) is 1.89. The van der Waals surface area contributed by atoms with Gasteiger partial charge in [0, 0.05) is 5.69 Å². The summed E-state index contributed by atoms with van der Waals surface area (Å²) in [4.78, 5) is 15.3. The monoisotopic (exact) mass is 210 g/mol. The minimum absolute atomic E-state index is 0.476. The van der Waals surface area contributed by atoms with Gasteiger partial charge in [0.05, 0.1) is 13.7 Å². The topological polar surface area (TPSA) is 73.6 Å². The molecule has 0 atom stereocenters. The number of ether oxygens (including phenoxy) is 1. The van der Waals surface area contributed by atoms with Gasteiger partial charge in [0.15, 0.2) is 0 Å². The molecule has 0 heterocycles. The van der Waals surface area contributed by atoms with E-state index in [1.54, 1.807) is 12.1 Å². The first kappa shape index (κ1) is 11.5. The summed E-state index contributed by atoms with van der Waals surface area (Å²) in [6.45, 7) is 0.476. The summed E-state index contributed by atoms with van der Waals surface area (Å²) in [6, 6.07) is 7.38. The van der Waals surface area contributed by atoms with E-state index in [1.165, 1.54) is 7.11 Å². The van der Waals surface area contributed by atoms with E-state index < -0.39 is 6.09 Å². The van der Waals surface area contributed by atoms with Gasteiger partial charge in [-0.2, -0.15) is 0 Å². The number of nitrogens with two attached hydrogens (primary N) is 1. The van der Waals surface area contributed by atoms with Crippen LogP contribution in [0.5, 0.6) is 0 Å². The van der Waals surface area contributed by atoms with Gasteiger partial charge in [-0.3, -0.25) is 5.32 Å². The van der Waals surface area contributed by atoms with Gasteiger partial charge >= 0.3 is 6.09 Å². The van der Waals surface area contributed by atoms with E-state index in [0.717, 1.165) is 12.0 Å². The summed E-state index contributed by atoms with van der Waals surface area (Å²) in [5.74, 6) is 4.92. The number of hydrogen-bond acceptors (Lipinski definition) is 4. The van der Waals surface area contributed by atoms with E-state index >= 15 is 0 Å². The van der Waals surface area contributed by atoms with E-state index in [4.69, 9.17) is 5.90 Å². The van der Waals surface area contributed by atoms with Gasteiger partial charge in [0.2, 0.25) is 0 Å². The Morgan fingerprint density at radius 3 is 2.60 bits per heavy atom. The van der Waals surface area contributed by atoms with Crippen LogP contribution in [0.2, 0.25) is 0 Å². The molecule has 0 aliphatic heterocycles. The summed E-state index contributed by atoms with van der Waals surface area (Å²) >= 11 is 0. The van der Waals surface area contributed by atoms with E-state index in [0.29, 0.717) is 12.3 Å². The third-order valence-corrected chi connectivity index (χ3v) is 1.89. The zero-order valence-electron chi connectivity index (χ0n) is 8.53. The molecule has 1 amide bonds. The molecule has 1 aromatic carbocycles. The maximum atomic E-state index is 10.9. The molecule has 0 bridgehead atoms. The van der Waals surface area contributed by atoms with Crippen LogP contribution in [0.4, 0.5) is 10.5 Å². The summed E-state index contributed by atoms with van der Waals surface area (Å²) in [5, 5.41) is 2.56. The quantitative estimate of drug-likeness (QED) is 0.734. The number of methoxy groups -OCH3 is 1. The predicted octanol–water partition coefficient (Wildman–Crippen LogP) is 1.30. The summed E-state index contributed by atoms with van der Waals surface area (Å²) in [7, 11) is 1.32. The number of amides is 1. The Hall–Kier alpha value is -1.59. The van der Waals surface area contributed by atoms with Crippen LogP contribution < -0.4 is 11.2 Å². The Kier molecular flexibility index (Phi) is 4.59. The Morgan fingerprint density at radius 1 is 1.40 bits per heavy atom. The lowest BCUT2D eigenvalue weighted by atomic mass is 10.1. The van der Waals surface area contributed by atoms with Crippen LogP contribution in [0.3, 0.4) is 0 Å². The van der Waals surface area contributed by atoms with Gasteiger partial charge in [-0.1, -0.05) is 12.1 Å². The van der Waals surface area contributed by atoms with E-state index in [9.17, 15) is 4.79 Å². The summed E-state index contributed by atoms with van der Waals surface area (Å²) in [5.41, 5.74) is 1.79. The van der Waals surface area contributed by atoms with E-state index in [-0.39, 0.29) is 0 Å². The molecule has 82 valence electrons. The van der Waals surface area contributed by atoms with Crippen LogP contribution in [-0.2, 0) is 16.0 Å². The maximum absolute atomic E-state index is 10.9. The molecule has 0 fully saturated rings. The molecule has 5 nitrogen and oxygen atoms in total. The zero-order valence-corrected chi connectivity index (χ0v) is 8.53. The maximum Gasteiger partial charge on any atom is 0.411 e. The average Bonchev–Trinajstić information content (AvgIpc) is 2.28. The molecule has 0 saturated heterocycles. The highest BCUT2D eigenvalue weighted by Crippen LogP contribution is 2.10. The third kappa shape index (κ3) is 3.97. The normalized spacial score (nSPS) is 9.73. The molecule has 5 heteroatoms. The second-order valence-corrected chi connectivity index (χ2v) is 2.93. The fourth-order valence-electron chi connectivity index (χ4n) is 1.10. The van der Waals surface area contributed by atoms with Gasteiger partial charge in [-0.25, -0.2) is 10.7 Å². The first-order valence-electron chi connectivity index (χ1n) is 4.52. The molecule has 1 aromatic rings. The first-order chi connectivity index (χ1) is 7.26. The van der Waals surface area contributed by atoms with Crippen molar-refractivity contribution in [2.75, 3.05) is 19.0 Å². The smallest absolute Gasteiger partial charge is 0.411 e. The predicted molar refractivity (Wildman–Crippen MR) is 56.3 cm³/mol. The molecule has 0 spiro atoms. The number of benzene rings is 1. The van der Waals surface area contributed by atoms with Crippen LogP contribution in [0, 0.1) is 0 Å². The van der Waals surface area contributed by atoms with Gasteiger partial charge in [0.1, 0.15) is 0 Å². The standard InChI is InChI=1S/C10H14N2O3/c1-14-10(13)12-9-4-2-8(3-5-9)6-7-15-11/h2-5H,6-7,11H2,1H3,(H,12,13). The fraction of sp³-hybridized carbons (Fsp3) is 0.300. The SMILES string of the molecule is COC(=O)Nc1ccc(CCON)cc1. The number of carbonyl (C=O) groups is 1. The molecule has 15 heavy (non-hydrogen) atoms. The van der Waals surface area contributed by atoms with Crippen molar-refractivity contribution in [3.05, 3.63) is 29.8 Å². The van der Waals surface area contributed by atoms with Gasteiger partial charge in [-0.15, -0.1) is 0 Å². The summed E-state index contributed by atoms with van der Waals surface area (Å²) < 4.78 is 4.46. The van der Waals surface area contributed by atoms with Crippen molar-refractivity contribution >= 4 is 11.8 Å². The highest BCUT2D eigenvalue weighted by molar-refractivity contribution is 5.84. The van der Waals surface area contributed by atoms with Crippen molar-refractivity contribution < 1.29 is 14.4 Å². The molecular weight excluding hydrogens is 196 g/mol. The molecule has 1 rings (SSSR count). The number of nitrogens with one attached hydrogen (secondary N) is 1. The highest BCUT2D eigenvalue weighted by atomic mass is 16.6. The first-order valence-corrected chi connectivity index (χ1v) is 4.52.